The lowest BCUT2D eigenvalue weighted by atomic mass is 10.1. The van der Waals surface area contributed by atoms with Crippen molar-refractivity contribution in [2.24, 2.45) is 0 Å². The van der Waals surface area contributed by atoms with Crippen molar-refractivity contribution in [1.29, 1.82) is 0 Å². The first-order valence-corrected chi connectivity index (χ1v) is 9.53. The highest BCUT2D eigenvalue weighted by molar-refractivity contribution is 5.87. The zero-order valence-corrected chi connectivity index (χ0v) is 16.2. The van der Waals surface area contributed by atoms with Crippen LogP contribution in [0, 0.1) is 0 Å². The first-order valence-electron chi connectivity index (χ1n) is 9.53. The predicted molar refractivity (Wildman–Crippen MR) is 99.5 cm³/mol. The summed E-state index contributed by atoms with van der Waals surface area (Å²) in [4.78, 5) is 13.7. The number of esters is 1. The van der Waals surface area contributed by atoms with Gasteiger partial charge in [0.05, 0.1) is 0 Å². The number of carbonyl (C=O) groups excluding carboxylic acids is 1. The quantitative estimate of drug-likeness (QED) is 0.178. The van der Waals surface area contributed by atoms with Crippen molar-refractivity contribution >= 4 is 5.97 Å². The largest absolute Gasteiger partial charge is 0.443 e. The summed E-state index contributed by atoms with van der Waals surface area (Å²) in [6.45, 7) is 5.99. The molecule has 136 valence electrons. The molecule has 0 aliphatic heterocycles. The topological polar surface area (TPSA) is 29.5 Å². The highest BCUT2D eigenvalue weighted by atomic mass is 16.6. The molecule has 0 N–H and O–H groups in total. The third-order valence-electron chi connectivity index (χ3n) is 4.33. The van der Waals surface area contributed by atoms with Crippen LogP contribution in [0.1, 0.15) is 91.4 Å². The molecule has 3 nitrogen and oxygen atoms in total. The fourth-order valence-corrected chi connectivity index (χ4v) is 2.39. The van der Waals surface area contributed by atoms with Crippen LogP contribution < -0.4 is 0 Å². The van der Waals surface area contributed by atoms with Gasteiger partial charge in [0.2, 0.25) is 0 Å². The van der Waals surface area contributed by atoms with Gasteiger partial charge in [-0.25, -0.2) is 4.79 Å². The molecule has 0 bridgehead atoms. The molecule has 0 aliphatic carbocycles. The molecule has 1 atom stereocenters. The molecule has 0 saturated heterocycles. The van der Waals surface area contributed by atoms with Crippen molar-refractivity contribution in [3.8, 4) is 0 Å². The summed E-state index contributed by atoms with van der Waals surface area (Å²) >= 11 is 0. The van der Waals surface area contributed by atoms with Crippen molar-refractivity contribution in [3.05, 3.63) is 11.6 Å². The van der Waals surface area contributed by atoms with E-state index in [1.165, 1.54) is 64.2 Å². The summed E-state index contributed by atoms with van der Waals surface area (Å²) in [6.07, 6.45) is 16.3. The number of unbranched alkanes of at least 4 members (excludes halogenated alkanes) is 10. The van der Waals surface area contributed by atoms with Gasteiger partial charge in [-0.2, -0.15) is 0 Å². The molecule has 0 spiro atoms. The van der Waals surface area contributed by atoms with E-state index in [1.807, 2.05) is 38.9 Å². The minimum atomic E-state index is -0.196. The van der Waals surface area contributed by atoms with Gasteiger partial charge >= 0.3 is 5.97 Å². The van der Waals surface area contributed by atoms with Gasteiger partial charge in [-0.3, -0.25) is 4.90 Å². The molecule has 0 fully saturated rings. The van der Waals surface area contributed by atoms with Crippen LogP contribution in [0.5, 0.6) is 0 Å². The van der Waals surface area contributed by atoms with Gasteiger partial charge in [0.25, 0.3) is 0 Å². The Kier molecular flexibility index (Phi) is 14.2. The van der Waals surface area contributed by atoms with E-state index in [0.717, 1.165) is 12.0 Å². The molecule has 0 amide bonds. The lowest BCUT2D eigenvalue weighted by Crippen LogP contribution is -2.30. The van der Waals surface area contributed by atoms with Crippen LogP contribution in [0.15, 0.2) is 11.6 Å². The number of hydrogen-bond acceptors (Lipinski definition) is 3. The second kappa shape index (κ2) is 14.7. The molecule has 0 rings (SSSR count). The van der Waals surface area contributed by atoms with Crippen LogP contribution in [0.4, 0.5) is 0 Å². The third-order valence-corrected chi connectivity index (χ3v) is 4.33. The fourth-order valence-electron chi connectivity index (χ4n) is 2.39. The zero-order chi connectivity index (χ0) is 17.5. The third kappa shape index (κ3) is 13.3. The van der Waals surface area contributed by atoms with E-state index in [4.69, 9.17) is 4.74 Å². The summed E-state index contributed by atoms with van der Waals surface area (Å²) in [5, 5.41) is 0. The maximum Gasteiger partial charge on any atom is 0.334 e. The lowest BCUT2D eigenvalue weighted by molar-refractivity contribution is -0.150. The van der Waals surface area contributed by atoms with Crippen LogP contribution in [0.25, 0.3) is 0 Å². The SMILES string of the molecule is CCCCCCCCCCCC/C=C(\C)C(=O)OC(C)N(C)C. The first kappa shape index (κ1) is 22.2. The Labute approximate surface area is 144 Å². The summed E-state index contributed by atoms with van der Waals surface area (Å²) in [7, 11) is 3.81. The van der Waals surface area contributed by atoms with E-state index >= 15 is 0 Å². The maximum atomic E-state index is 11.9. The summed E-state index contributed by atoms with van der Waals surface area (Å²) in [6, 6.07) is 0. The van der Waals surface area contributed by atoms with Gasteiger partial charge in [0, 0.05) is 5.57 Å². The van der Waals surface area contributed by atoms with Crippen LogP contribution >= 0.6 is 0 Å². The normalized spacial score (nSPS) is 13.4. The van der Waals surface area contributed by atoms with Crippen molar-refractivity contribution in [2.75, 3.05) is 14.1 Å². The van der Waals surface area contributed by atoms with Crippen LogP contribution in [0.2, 0.25) is 0 Å². The molecular formula is C20H39NO2. The number of carbonyl (C=O) groups is 1. The minimum absolute atomic E-state index is 0.178. The molecule has 0 aliphatic rings. The Balaban J connectivity index is 3.56. The number of nitrogens with zero attached hydrogens (tertiary/aromatic N) is 1. The van der Waals surface area contributed by atoms with Gasteiger partial charge < -0.3 is 4.74 Å². The summed E-state index contributed by atoms with van der Waals surface area (Å²) < 4.78 is 5.34. The van der Waals surface area contributed by atoms with E-state index in [2.05, 4.69) is 6.92 Å². The van der Waals surface area contributed by atoms with E-state index < -0.39 is 0 Å². The van der Waals surface area contributed by atoms with Crippen molar-refractivity contribution in [1.82, 2.24) is 4.90 Å². The molecule has 3 heteroatoms. The molecule has 1 unspecified atom stereocenters. The van der Waals surface area contributed by atoms with Crippen LogP contribution in [-0.4, -0.2) is 31.2 Å². The number of ether oxygens (including phenoxy) is 1. The zero-order valence-electron chi connectivity index (χ0n) is 16.2. The Hall–Kier alpha value is -0.830. The summed E-state index contributed by atoms with van der Waals surface area (Å²) in [5.74, 6) is -0.196. The van der Waals surface area contributed by atoms with Crippen LogP contribution in [0.3, 0.4) is 0 Å². The van der Waals surface area contributed by atoms with E-state index in [-0.39, 0.29) is 12.2 Å². The molecule has 0 heterocycles. The monoisotopic (exact) mass is 325 g/mol. The molecule has 23 heavy (non-hydrogen) atoms. The molecule has 0 aromatic heterocycles. The highest BCUT2D eigenvalue weighted by Gasteiger charge is 2.12. The average molecular weight is 326 g/mol. The van der Waals surface area contributed by atoms with Crippen molar-refractivity contribution in [2.45, 2.75) is 97.6 Å². The van der Waals surface area contributed by atoms with Gasteiger partial charge in [-0.1, -0.05) is 70.8 Å². The second-order valence-electron chi connectivity index (χ2n) is 6.83. The molecular weight excluding hydrogens is 286 g/mol. The maximum absolute atomic E-state index is 11.9. The standard InChI is InChI=1S/C20H39NO2/c1-6-7-8-9-10-11-12-13-14-15-16-17-18(2)20(22)23-19(3)21(4)5/h17,19H,6-16H2,1-5H3/b18-17+. The lowest BCUT2D eigenvalue weighted by Gasteiger charge is -2.19. The molecule has 0 radical (unpaired) electrons. The molecule has 0 saturated carbocycles. The Bertz CT molecular complexity index is 324. The Morgan fingerprint density at radius 2 is 1.43 bits per heavy atom. The number of allylic oxidation sites excluding steroid dienone is 1. The molecule has 0 aromatic rings. The number of rotatable bonds is 14. The number of hydrogen-bond donors (Lipinski definition) is 0. The average Bonchev–Trinajstić information content (AvgIpc) is 2.52. The fraction of sp³-hybridized carbons (Fsp3) is 0.850. The van der Waals surface area contributed by atoms with Gasteiger partial charge in [-0.05, 0) is 40.8 Å². The first-order chi connectivity index (χ1) is 11.0. The predicted octanol–water partition coefficient (Wildman–Crippen LogP) is 5.69. The van der Waals surface area contributed by atoms with Gasteiger partial charge in [-0.15, -0.1) is 0 Å². The van der Waals surface area contributed by atoms with Crippen LogP contribution in [-0.2, 0) is 9.53 Å². The molecule has 0 aromatic carbocycles. The van der Waals surface area contributed by atoms with Crippen molar-refractivity contribution < 1.29 is 9.53 Å². The van der Waals surface area contributed by atoms with E-state index in [1.54, 1.807) is 0 Å². The summed E-state index contributed by atoms with van der Waals surface area (Å²) in [5.41, 5.74) is 0.731. The van der Waals surface area contributed by atoms with E-state index in [0.29, 0.717) is 0 Å². The second-order valence-corrected chi connectivity index (χ2v) is 6.83. The smallest absolute Gasteiger partial charge is 0.334 e. The highest BCUT2D eigenvalue weighted by Crippen LogP contribution is 2.12. The minimum Gasteiger partial charge on any atom is -0.443 e. The Morgan fingerprint density at radius 3 is 1.91 bits per heavy atom. The van der Waals surface area contributed by atoms with Crippen molar-refractivity contribution in [3.63, 3.8) is 0 Å². The van der Waals surface area contributed by atoms with Gasteiger partial charge in [0.15, 0.2) is 6.23 Å². The van der Waals surface area contributed by atoms with Gasteiger partial charge in [0.1, 0.15) is 0 Å². The van der Waals surface area contributed by atoms with E-state index in [9.17, 15) is 4.79 Å². The Morgan fingerprint density at radius 1 is 0.957 bits per heavy atom.